The first-order chi connectivity index (χ1) is 9.79. The summed E-state index contributed by atoms with van der Waals surface area (Å²) in [4.78, 5) is 4.36. The molecular weight excluding hydrogens is 258 g/mol. The molecule has 1 aromatic heterocycles. The first-order valence-electron chi connectivity index (χ1n) is 6.72. The molecule has 20 heavy (non-hydrogen) atoms. The largest absolute Gasteiger partial charge is 0.508 e. The standard InChI is InChI=1S/C14H17N3O3/c18-12-3-1-11(2-4-12)15-8-14-16-13(17-20-14)7-10-5-6-19-9-10/h1-4,10,15,18H,5-9H2. The van der Waals surface area contributed by atoms with E-state index in [0.717, 1.165) is 37.6 Å². The van der Waals surface area contributed by atoms with Crippen LogP contribution in [-0.2, 0) is 17.7 Å². The number of hydrogen-bond acceptors (Lipinski definition) is 6. The average Bonchev–Trinajstić information content (AvgIpc) is 3.11. The molecule has 2 aromatic rings. The number of benzene rings is 1. The summed E-state index contributed by atoms with van der Waals surface area (Å²) < 4.78 is 10.5. The second-order valence-electron chi connectivity index (χ2n) is 4.94. The summed E-state index contributed by atoms with van der Waals surface area (Å²) in [6.45, 7) is 2.09. The van der Waals surface area contributed by atoms with Gasteiger partial charge in [0.05, 0.1) is 6.54 Å². The molecule has 1 aromatic carbocycles. The van der Waals surface area contributed by atoms with Crippen molar-refractivity contribution in [2.75, 3.05) is 18.5 Å². The molecule has 1 aliphatic rings. The Bertz CT molecular complexity index is 547. The van der Waals surface area contributed by atoms with Gasteiger partial charge in [-0.2, -0.15) is 4.98 Å². The third kappa shape index (κ3) is 3.27. The molecule has 0 bridgehead atoms. The third-order valence-corrected chi connectivity index (χ3v) is 3.32. The van der Waals surface area contributed by atoms with Gasteiger partial charge in [0.25, 0.3) is 0 Å². The van der Waals surface area contributed by atoms with Crippen LogP contribution in [0.5, 0.6) is 5.75 Å². The second kappa shape index (κ2) is 5.92. The Labute approximate surface area is 116 Å². The Kier molecular flexibility index (Phi) is 3.83. The van der Waals surface area contributed by atoms with Crippen molar-refractivity contribution in [1.82, 2.24) is 10.1 Å². The molecule has 0 aliphatic carbocycles. The topological polar surface area (TPSA) is 80.4 Å². The number of aromatic hydroxyl groups is 1. The molecule has 1 fully saturated rings. The molecule has 0 saturated carbocycles. The summed E-state index contributed by atoms with van der Waals surface area (Å²) in [6.07, 6.45) is 1.87. The smallest absolute Gasteiger partial charge is 0.245 e. The fourth-order valence-electron chi connectivity index (χ4n) is 2.20. The van der Waals surface area contributed by atoms with Crippen LogP contribution in [-0.4, -0.2) is 28.5 Å². The lowest BCUT2D eigenvalue weighted by molar-refractivity contribution is 0.185. The van der Waals surface area contributed by atoms with Gasteiger partial charge in [0, 0.05) is 25.3 Å². The highest BCUT2D eigenvalue weighted by molar-refractivity contribution is 5.45. The molecule has 106 valence electrons. The molecule has 0 amide bonds. The van der Waals surface area contributed by atoms with E-state index in [4.69, 9.17) is 9.26 Å². The molecule has 0 spiro atoms. The number of nitrogens with one attached hydrogen (secondary N) is 1. The van der Waals surface area contributed by atoms with Crippen LogP contribution in [0.15, 0.2) is 28.8 Å². The van der Waals surface area contributed by atoms with Crippen LogP contribution in [0.2, 0.25) is 0 Å². The van der Waals surface area contributed by atoms with Gasteiger partial charge >= 0.3 is 0 Å². The number of aromatic nitrogens is 2. The Hall–Kier alpha value is -2.08. The molecule has 6 heteroatoms. The van der Waals surface area contributed by atoms with E-state index in [2.05, 4.69) is 15.5 Å². The number of anilines is 1. The first-order valence-corrected chi connectivity index (χ1v) is 6.72. The Morgan fingerprint density at radius 1 is 1.30 bits per heavy atom. The van der Waals surface area contributed by atoms with Gasteiger partial charge in [0.15, 0.2) is 5.82 Å². The van der Waals surface area contributed by atoms with Gasteiger partial charge in [-0.05, 0) is 36.6 Å². The molecule has 1 unspecified atom stereocenters. The summed E-state index contributed by atoms with van der Waals surface area (Å²) in [5.41, 5.74) is 0.895. The van der Waals surface area contributed by atoms with Gasteiger partial charge in [-0.25, -0.2) is 0 Å². The quantitative estimate of drug-likeness (QED) is 0.812. The molecule has 0 radical (unpaired) electrons. The molecular formula is C14H17N3O3. The second-order valence-corrected chi connectivity index (χ2v) is 4.94. The van der Waals surface area contributed by atoms with E-state index < -0.39 is 0 Å². The molecule has 2 heterocycles. The fourth-order valence-corrected chi connectivity index (χ4v) is 2.20. The van der Waals surface area contributed by atoms with Crippen molar-refractivity contribution in [2.24, 2.45) is 5.92 Å². The van der Waals surface area contributed by atoms with Crippen LogP contribution < -0.4 is 5.32 Å². The van der Waals surface area contributed by atoms with Gasteiger partial charge in [-0.15, -0.1) is 0 Å². The number of ether oxygens (including phenoxy) is 1. The highest BCUT2D eigenvalue weighted by Crippen LogP contribution is 2.17. The molecule has 3 rings (SSSR count). The van der Waals surface area contributed by atoms with Crippen LogP contribution in [0.3, 0.4) is 0 Å². The van der Waals surface area contributed by atoms with Crippen molar-refractivity contribution >= 4 is 5.69 Å². The van der Waals surface area contributed by atoms with Gasteiger partial charge in [0.1, 0.15) is 5.75 Å². The number of rotatable bonds is 5. The maximum absolute atomic E-state index is 9.20. The molecule has 1 saturated heterocycles. The lowest BCUT2D eigenvalue weighted by Crippen LogP contribution is -2.05. The van der Waals surface area contributed by atoms with Crippen LogP contribution in [0, 0.1) is 5.92 Å². The van der Waals surface area contributed by atoms with Crippen LogP contribution in [0.4, 0.5) is 5.69 Å². The van der Waals surface area contributed by atoms with E-state index in [-0.39, 0.29) is 5.75 Å². The van der Waals surface area contributed by atoms with Crippen molar-refractivity contribution in [1.29, 1.82) is 0 Å². The number of hydrogen-bond donors (Lipinski definition) is 2. The van der Waals surface area contributed by atoms with E-state index in [1.807, 2.05) is 0 Å². The maximum atomic E-state index is 9.20. The van der Waals surface area contributed by atoms with Crippen molar-refractivity contribution in [3.8, 4) is 5.75 Å². The molecule has 1 atom stereocenters. The van der Waals surface area contributed by atoms with Crippen molar-refractivity contribution in [3.63, 3.8) is 0 Å². The van der Waals surface area contributed by atoms with Gasteiger partial charge < -0.3 is 19.7 Å². The van der Waals surface area contributed by atoms with E-state index >= 15 is 0 Å². The fraction of sp³-hybridized carbons (Fsp3) is 0.429. The van der Waals surface area contributed by atoms with Crippen molar-refractivity contribution in [2.45, 2.75) is 19.4 Å². The highest BCUT2D eigenvalue weighted by atomic mass is 16.5. The van der Waals surface area contributed by atoms with E-state index in [9.17, 15) is 5.11 Å². The predicted octanol–water partition coefficient (Wildman–Crippen LogP) is 1.97. The van der Waals surface area contributed by atoms with Crippen LogP contribution in [0.25, 0.3) is 0 Å². The molecule has 1 aliphatic heterocycles. The normalized spacial score (nSPS) is 18.3. The number of nitrogens with zero attached hydrogens (tertiary/aromatic N) is 2. The van der Waals surface area contributed by atoms with Gasteiger partial charge in [-0.1, -0.05) is 5.16 Å². The minimum atomic E-state index is 0.245. The average molecular weight is 275 g/mol. The van der Waals surface area contributed by atoms with E-state index in [0.29, 0.717) is 18.4 Å². The molecule has 2 N–H and O–H groups in total. The maximum Gasteiger partial charge on any atom is 0.245 e. The zero-order valence-corrected chi connectivity index (χ0v) is 11.1. The minimum absolute atomic E-state index is 0.245. The summed E-state index contributed by atoms with van der Waals surface area (Å²) in [6, 6.07) is 6.84. The van der Waals surface area contributed by atoms with Gasteiger partial charge in [0.2, 0.25) is 5.89 Å². The summed E-state index contributed by atoms with van der Waals surface area (Å²) in [5.74, 6) is 2.05. The zero-order chi connectivity index (χ0) is 13.8. The Balaban J connectivity index is 1.52. The van der Waals surface area contributed by atoms with Crippen LogP contribution >= 0.6 is 0 Å². The van der Waals surface area contributed by atoms with Crippen LogP contribution in [0.1, 0.15) is 18.1 Å². The highest BCUT2D eigenvalue weighted by Gasteiger charge is 2.18. The lowest BCUT2D eigenvalue weighted by Gasteiger charge is -2.03. The zero-order valence-electron chi connectivity index (χ0n) is 11.1. The Morgan fingerprint density at radius 2 is 2.15 bits per heavy atom. The van der Waals surface area contributed by atoms with Crippen molar-refractivity contribution in [3.05, 3.63) is 36.0 Å². The summed E-state index contributed by atoms with van der Waals surface area (Å²) in [5, 5.41) is 16.3. The SMILES string of the molecule is Oc1ccc(NCc2nc(CC3CCOC3)no2)cc1. The summed E-state index contributed by atoms with van der Waals surface area (Å²) in [7, 11) is 0. The summed E-state index contributed by atoms with van der Waals surface area (Å²) >= 11 is 0. The Morgan fingerprint density at radius 3 is 2.90 bits per heavy atom. The van der Waals surface area contributed by atoms with Gasteiger partial charge in [-0.3, -0.25) is 0 Å². The van der Waals surface area contributed by atoms with Crippen molar-refractivity contribution < 1.29 is 14.4 Å². The predicted molar refractivity (Wildman–Crippen MR) is 72.4 cm³/mol. The van der Waals surface area contributed by atoms with E-state index in [1.54, 1.807) is 24.3 Å². The molecule has 6 nitrogen and oxygen atoms in total. The minimum Gasteiger partial charge on any atom is -0.508 e. The number of phenolic OH excluding ortho intramolecular Hbond substituents is 1. The monoisotopic (exact) mass is 275 g/mol. The third-order valence-electron chi connectivity index (χ3n) is 3.32. The van der Waals surface area contributed by atoms with E-state index in [1.165, 1.54) is 0 Å². The first kappa shape index (κ1) is 12.9. The number of phenols is 1. The lowest BCUT2D eigenvalue weighted by atomic mass is 10.1.